The summed E-state index contributed by atoms with van der Waals surface area (Å²) in [7, 11) is 0. The molecular weight excluding hydrogens is 312 g/mol. The minimum absolute atomic E-state index is 0.193. The van der Waals surface area contributed by atoms with Gasteiger partial charge in [0.2, 0.25) is 0 Å². The molecule has 0 aliphatic heterocycles. The number of aliphatic hydroxyl groups is 1. The van der Waals surface area contributed by atoms with Crippen LogP contribution in [0.4, 0.5) is 0 Å². The minimum atomic E-state index is -0.485. The second-order valence-electron chi connectivity index (χ2n) is 5.15. The van der Waals surface area contributed by atoms with Gasteiger partial charge in [-0.1, -0.05) is 48.0 Å². The fourth-order valence-electron chi connectivity index (χ4n) is 2.48. The molecule has 1 amide bonds. The van der Waals surface area contributed by atoms with Crippen LogP contribution in [0.1, 0.15) is 22.0 Å². The fraction of sp³-hybridized carbons (Fsp3) is 0.111. The zero-order valence-electron chi connectivity index (χ0n) is 12.2. The van der Waals surface area contributed by atoms with E-state index in [1.165, 1.54) is 0 Å². The van der Waals surface area contributed by atoms with Gasteiger partial charge in [0, 0.05) is 16.6 Å². The smallest absolute Gasteiger partial charge is 0.254 e. The van der Waals surface area contributed by atoms with E-state index in [9.17, 15) is 9.90 Å². The lowest BCUT2D eigenvalue weighted by molar-refractivity contribution is 0.0917. The van der Waals surface area contributed by atoms with Crippen molar-refractivity contribution in [3.63, 3.8) is 0 Å². The molecule has 0 aliphatic rings. The van der Waals surface area contributed by atoms with E-state index in [2.05, 4.69) is 10.3 Å². The van der Waals surface area contributed by atoms with E-state index in [4.69, 9.17) is 11.6 Å². The van der Waals surface area contributed by atoms with E-state index in [1.54, 1.807) is 24.4 Å². The van der Waals surface area contributed by atoms with Crippen molar-refractivity contribution in [2.24, 2.45) is 0 Å². The number of carbonyl (C=O) groups excluding carboxylic acids is 1. The average Bonchev–Trinajstić information content (AvgIpc) is 2.59. The molecule has 23 heavy (non-hydrogen) atoms. The molecule has 1 atom stereocenters. The molecule has 2 aromatic carbocycles. The third kappa shape index (κ3) is 3.33. The molecule has 0 radical (unpaired) electrons. The largest absolute Gasteiger partial charge is 0.394 e. The summed E-state index contributed by atoms with van der Waals surface area (Å²) in [6.45, 7) is -0.193. The van der Waals surface area contributed by atoms with Crippen molar-refractivity contribution in [2.75, 3.05) is 6.61 Å². The summed E-state index contributed by atoms with van der Waals surface area (Å²) in [4.78, 5) is 16.9. The molecule has 4 nitrogen and oxygen atoms in total. The lowest BCUT2D eigenvalue weighted by Gasteiger charge is -2.17. The van der Waals surface area contributed by atoms with Gasteiger partial charge < -0.3 is 10.4 Å². The molecular formula is C18H15ClN2O2. The Balaban J connectivity index is 1.94. The predicted octanol–water partition coefficient (Wildman–Crippen LogP) is 3.35. The van der Waals surface area contributed by atoms with E-state index in [0.717, 1.165) is 10.9 Å². The van der Waals surface area contributed by atoms with Gasteiger partial charge >= 0.3 is 0 Å². The summed E-state index contributed by atoms with van der Waals surface area (Å²) < 4.78 is 0. The van der Waals surface area contributed by atoms with Crippen LogP contribution in [0.15, 0.2) is 60.8 Å². The van der Waals surface area contributed by atoms with Crippen LogP contribution in [0.3, 0.4) is 0 Å². The molecule has 0 spiro atoms. The highest BCUT2D eigenvalue weighted by atomic mass is 35.5. The van der Waals surface area contributed by atoms with Crippen molar-refractivity contribution in [2.45, 2.75) is 6.04 Å². The molecule has 0 aliphatic carbocycles. The van der Waals surface area contributed by atoms with Crippen LogP contribution in [0.2, 0.25) is 5.02 Å². The van der Waals surface area contributed by atoms with Gasteiger partial charge in [-0.15, -0.1) is 0 Å². The number of hydrogen-bond donors (Lipinski definition) is 2. The number of fused-ring (bicyclic) bond motifs is 1. The van der Waals surface area contributed by atoms with Crippen molar-refractivity contribution >= 4 is 28.4 Å². The van der Waals surface area contributed by atoms with Crippen molar-refractivity contribution in [1.29, 1.82) is 0 Å². The van der Waals surface area contributed by atoms with Gasteiger partial charge in [0.1, 0.15) is 0 Å². The first-order chi connectivity index (χ1) is 11.2. The van der Waals surface area contributed by atoms with E-state index in [-0.39, 0.29) is 12.5 Å². The van der Waals surface area contributed by atoms with E-state index < -0.39 is 6.04 Å². The van der Waals surface area contributed by atoms with Gasteiger partial charge in [0.15, 0.2) is 0 Å². The lowest BCUT2D eigenvalue weighted by atomic mass is 10.1. The Hall–Kier alpha value is -2.43. The third-order valence-electron chi connectivity index (χ3n) is 3.60. The average molecular weight is 327 g/mol. The molecule has 0 saturated heterocycles. The number of hydrogen-bond acceptors (Lipinski definition) is 3. The SMILES string of the molecule is O=C(N[C@H](CO)c1ccccc1)c1cc(Cl)cc2cccnc12. The Labute approximate surface area is 138 Å². The van der Waals surface area contributed by atoms with Gasteiger partial charge in [0.05, 0.1) is 23.7 Å². The molecule has 1 heterocycles. The minimum Gasteiger partial charge on any atom is -0.394 e. The zero-order valence-corrected chi connectivity index (χ0v) is 13.0. The Morgan fingerprint density at radius 2 is 1.96 bits per heavy atom. The number of aromatic nitrogens is 1. The van der Waals surface area contributed by atoms with Gasteiger partial charge in [0.25, 0.3) is 5.91 Å². The molecule has 116 valence electrons. The fourth-order valence-corrected chi connectivity index (χ4v) is 2.71. The van der Waals surface area contributed by atoms with Gasteiger partial charge in [-0.3, -0.25) is 9.78 Å². The molecule has 3 rings (SSSR count). The number of nitrogens with one attached hydrogen (secondary N) is 1. The summed E-state index contributed by atoms with van der Waals surface area (Å²) >= 11 is 6.10. The Bertz CT molecular complexity index is 837. The predicted molar refractivity (Wildman–Crippen MR) is 90.5 cm³/mol. The molecule has 1 aromatic heterocycles. The normalized spacial score (nSPS) is 12.1. The Morgan fingerprint density at radius 1 is 1.17 bits per heavy atom. The maximum atomic E-state index is 12.6. The van der Waals surface area contributed by atoms with Crippen LogP contribution in [-0.4, -0.2) is 22.6 Å². The van der Waals surface area contributed by atoms with Crippen LogP contribution < -0.4 is 5.32 Å². The standard InChI is InChI=1S/C18H15ClN2O2/c19-14-9-13-7-4-8-20-17(13)15(10-14)18(23)21-16(11-22)12-5-2-1-3-6-12/h1-10,16,22H,11H2,(H,21,23)/t16-/m1/s1. The van der Waals surface area contributed by atoms with Crippen molar-refractivity contribution in [3.05, 3.63) is 76.9 Å². The maximum Gasteiger partial charge on any atom is 0.254 e. The first-order valence-electron chi connectivity index (χ1n) is 7.20. The van der Waals surface area contributed by atoms with Gasteiger partial charge in [-0.25, -0.2) is 0 Å². The summed E-state index contributed by atoms with van der Waals surface area (Å²) in [5.41, 5.74) is 1.81. The number of carbonyl (C=O) groups is 1. The number of aliphatic hydroxyl groups excluding tert-OH is 1. The highest BCUT2D eigenvalue weighted by Crippen LogP contribution is 2.23. The molecule has 0 bridgehead atoms. The maximum absolute atomic E-state index is 12.6. The highest BCUT2D eigenvalue weighted by Gasteiger charge is 2.17. The topological polar surface area (TPSA) is 62.2 Å². The molecule has 3 aromatic rings. The van der Waals surface area contributed by atoms with E-state index in [1.807, 2.05) is 36.4 Å². The van der Waals surface area contributed by atoms with E-state index >= 15 is 0 Å². The van der Waals surface area contributed by atoms with Gasteiger partial charge in [-0.05, 0) is 23.8 Å². The number of pyridine rings is 1. The van der Waals surface area contributed by atoms with Crippen LogP contribution in [0, 0.1) is 0 Å². The summed E-state index contributed by atoms with van der Waals surface area (Å²) in [6, 6.07) is 15.8. The number of benzene rings is 2. The number of nitrogens with zero attached hydrogens (tertiary/aromatic N) is 1. The first-order valence-corrected chi connectivity index (χ1v) is 7.58. The van der Waals surface area contributed by atoms with Crippen LogP contribution in [0.25, 0.3) is 10.9 Å². The summed E-state index contributed by atoms with van der Waals surface area (Å²) in [5.74, 6) is -0.320. The van der Waals surface area contributed by atoms with Crippen LogP contribution in [-0.2, 0) is 0 Å². The zero-order chi connectivity index (χ0) is 16.2. The second kappa shape index (κ2) is 6.77. The second-order valence-corrected chi connectivity index (χ2v) is 5.58. The third-order valence-corrected chi connectivity index (χ3v) is 3.82. The number of halogens is 1. The lowest BCUT2D eigenvalue weighted by Crippen LogP contribution is -2.31. The summed E-state index contributed by atoms with van der Waals surface area (Å²) in [5, 5.41) is 13.7. The molecule has 5 heteroatoms. The van der Waals surface area contributed by atoms with Crippen molar-refractivity contribution in [1.82, 2.24) is 10.3 Å². The monoisotopic (exact) mass is 326 g/mol. The highest BCUT2D eigenvalue weighted by molar-refractivity contribution is 6.32. The molecule has 0 unspecified atom stereocenters. The first kappa shape index (κ1) is 15.5. The van der Waals surface area contributed by atoms with Crippen molar-refractivity contribution < 1.29 is 9.90 Å². The number of rotatable bonds is 4. The molecule has 0 fully saturated rings. The number of amides is 1. The van der Waals surface area contributed by atoms with Crippen LogP contribution in [0.5, 0.6) is 0 Å². The van der Waals surface area contributed by atoms with E-state index in [0.29, 0.717) is 16.1 Å². The van der Waals surface area contributed by atoms with Crippen LogP contribution >= 0.6 is 11.6 Å². The summed E-state index contributed by atoms with van der Waals surface area (Å²) in [6.07, 6.45) is 1.63. The Morgan fingerprint density at radius 3 is 2.70 bits per heavy atom. The molecule has 2 N–H and O–H groups in total. The molecule has 0 saturated carbocycles. The van der Waals surface area contributed by atoms with Crippen molar-refractivity contribution in [3.8, 4) is 0 Å². The Kier molecular flexibility index (Phi) is 4.55. The quantitative estimate of drug-likeness (QED) is 0.773. The van der Waals surface area contributed by atoms with Gasteiger partial charge in [-0.2, -0.15) is 0 Å².